The monoisotopic (exact) mass is 318 g/mol. The molecule has 3 N–H and O–H groups in total. The van der Waals surface area contributed by atoms with Gasteiger partial charge < -0.3 is 15.6 Å². The van der Waals surface area contributed by atoms with Gasteiger partial charge in [-0.25, -0.2) is 4.39 Å². The number of carbonyl (C=O) groups is 1. The molecule has 0 saturated heterocycles. The van der Waals surface area contributed by atoms with Gasteiger partial charge in [0.15, 0.2) is 0 Å². The summed E-state index contributed by atoms with van der Waals surface area (Å²) < 4.78 is 18.5. The van der Waals surface area contributed by atoms with Crippen molar-refractivity contribution in [2.45, 2.75) is 37.5 Å². The highest BCUT2D eigenvalue weighted by atomic mass is 19.1. The SMILES string of the molecule is Nc1noc(CCNC(=O)C2(c3cccc(F)c3)CCCC2)n1. The quantitative estimate of drug-likeness (QED) is 0.879. The number of hydrogen-bond acceptors (Lipinski definition) is 5. The van der Waals surface area contributed by atoms with Gasteiger partial charge >= 0.3 is 0 Å². The van der Waals surface area contributed by atoms with Crippen molar-refractivity contribution in [1.29, 1.82) is 0 Å². The normalized spacial score (nSPS) is 16.4. The van der Waals surface area contributed by atoms with Crippen molar-refractivity contribution in [3.8, 4) is 0 Å². The van der Waals surface area contributed by atoms with Crippen molar-refractivity contribution in [2.24, 2.45) is 0 Å². The minimum absolute atomic E-state index is 0.0758. The van der Waals surface area contributed by atoms with Gasteiger partial charge in [0, 0.05) is 13.0 Å². The van der Waals surface area contributed by atoms with Gasteiger partial charge in [-0.1, -0.05) is 25.0 Å². The van der Waals surface area contributed by atoms with Gasteiger partial charge in [-0.2, -0.15) is 4.98 Å². The molecule has 0 spiro atoms. The van der Waals surface area contributed by atoms with Crippen LogP contribution in [0.1, 0.15) is 37.1 Å². The van der Waals surface area contributed by atoms with Crippen LogP contribution in [-0.2, 0) is 16.6 Å². The van der Waals surface area contributed by atoms with Gasteiger partial charge in [0.05, 0.1) is 5.41 Å². The highest BCUT2D eigenvalue weighted by molar-refractivity contribution is 5.88. The minimum Gasteiger partial charge on any atom is -0.365 e. The number of nitrogens with zero attached hydrogens (tertiary/aromatic N) is 2. The van der Waals surface area contributed by atoms with Crippen LogP contribution in [0, 0.1) is 5.82 Å². The van der Waals surface area contributed by atoms with Crippen molar-refractivity contribution in [3.63, 3.8) is 0 Å². The van der Waals surface area contributed by atoms with Crippen LogP contribution in [0.25, 0.3) is 0 Å². The van der Waals surface area contributed by atoms with E-state index in [4.69, 9.17) is 10.3 Å². The molecule has 0 unspecified atom stereocenters. The Labute approximate surface area is 133 Å². The van der Waals surface area contributed by atoms with E-state index in [1.807, 2.05) is 6.07 Å². The van der Waals surface area contributed by atoms with Crippen LogP contribution in [0.2, 0.25) is 0 Å². The third kappa shape index (κ3) is 3.18. The lowest BCUT2D eigenvalue weighted by Gasteiger charge is -2.28. The minimum atomic E-state index is -0.643. The molecule has 1 amide bonds. The maximum atomic E-state index is 13.6. The summed E-state index contributed by atoms with van der Waals surface area (Å²) in [5.74, 6) is 0.0726. The predicted octanol–water partition coefficient (Wildman–Crippen LogP) is 1.96. The number of hydrogen-bond donors (Lipinski definition) is 2. The van der Waals surface area contributed by atoms with E-state index in [1.54, 1.807) is 6.07 Å². The first-order valence-corrected chi connectivity index (χ1v) is 7.72. The Morgan fingerprint density at radius 1 is 1.39 bits per heavy atom. The van der Waals surface area contributed by atoms with Crippen LogP contribution in [0.4, 0.5) is 10.3 Å². The Hall–Kier alpha value is -2.44. The number of anilines is 1. The molecule has 0 bridgehead atoms. The summed E-state index contributed by atoms with van der Waals surface area (Å²) in [6.45, 7) is 0.373. The lowest BCUT2D eigenvalue weighted by atomic mass is 9.78. The van der Waals surface area contributed by atoms with Crippen molar-refractivity contribution >= 4 is 11.9 Å². The van der Waals surface area contributed by atoms with Crippen LogP contribution in [-0.4, -0.2) is 22.6 Å². The second-order valence-electron chi connectivity index (χ2n) is 5.85. The molecule has 0 aliphatic heterocycles. The lowest BCUT2D eigenvalue weighted by molar-refractivity contribution is -0.126. The van der Waals surface area contributed by atoms with Crippen molar-refractivity contribution in [3.05, 3.63) is 41.5 Å². The summed E-state index contributed by atoms with van der Waals surface area (Å²) in [6.07, 6.45) is 3.80. The number of benzene rings is 1. The summed E-state index contributed by atoms with van der Waals surface area (Å²) in [5, 5.41) is 6.41. The molecule has 23 heavy (non-hydrogen) atoms. The van der Waals surface area contributed by atoms with Gasteiger partial charge in [-0.05, 0) is 35.7 Å². The molecule has 0 radical (unpaired) electrons. The average Bonchev–Trinajstić information content (AvgIpc) is 3.17. The van der Waals surface area contributed by atoms with E-state index < -0.39 is 5.41 Å². The van der Waals surface area contributed by atoms with E-state index in [0.717, 1.165) is 31.2 Å². The van der Waals surface area contributed by atoms with Crippen molar-refractivity contribution in [1.82, 2.24) is 15.5 Å². The summed E-state index contributed by atoms with van der Waals surface area (Å²) in [7, 11) is 0. The van der Waals surface area contributed by atoms with Gasteiger partial charge in [0.25, 0.3) is 5.95 Å². The molecular weight excluding hydrogens is 299 g/mol. The van der Waals surface area contributed by atoms with Crippen LogP contribution in [0.15, 0.2) is 28.8 Å². The van der Waals surface area contributed by atoms with Crippen LogP contribution >= 0.6 is 0 Å². The highest BCUT2D eigenvalue weighted by Crippen LogP contribution is 2.41. The number of amides is 1. The van der Waals surface area contributed by atoms with Crippen LogP contribution < -0.4 is 11.1 Å². The largest absolute Gasteiger partial charge is 0.365 e. The molecule has 1 saturated carbocycles. The maximum absolute atomic E-state index is 13.6. The van der Waals surface area contributed by atoms with E-state index >= 15 is 0 Å². The summed E-state index contributed by atoms with van der Waals surface area (Å²) in [4.78, 5) is 16.6. The summed E-state index contributed by atoms with van der Waals surface area (Å²) in [6, 6.07) is 6.33. The fourth-order valence-electron chi connectivity index (χ4n) is 3.23. The van der Waals surface area contributed by atoms with Crippen LogP contribution in [0.5, 0.6) is 0 Å². The molecule has 1 fully saturated rings. The molecule has 7 heteroatoms. The standard InChI is InChI=1S/C16H19FN4O2/c17-12-5-3-4-11(10-12)16(7-1-2-8-16)14(22)19-9-6-13-20-15(18)21-23-13/h3-5,10H,1-2,6-9H2,(H2,18,21)(H,19,22). The molecule has 122 valence electrons. The maximum Gasteiger partial charge on any atom is 0.260 e. The number of nitrogens with one attached hydrogen (secondary N) is 1. The first kappa shape index (κ1) is 15.5. The number of halogens is 1. The van der Waals surface area contributed by atoms with E-state index in [9.17, 15) is 9.18 Å². The average molecular weight is 318 g/mol. The fraction of sp³-hybridized carbons (Fsp3) is 0.438. The Morgan fingerprint density at radius 3 is 2.83 bits per heavy atom. The van der Waals surface area contributed by atoms with E-state index in [0.29, 0.717) is 18.9 Å². The molecular formula is C16H19FN4O2. The zero-order valence-corrected chi connectivity index (χ0v) is 12.7. The number of rotatable bonds is 5. The summed E-state index contributed by atoms with van der Waals surface area (Å²) in [5.41, 5.74) is 5.48. The summed E-state index contributed by atoms with van der Waals surface area (Å²) >= 11 is 0. The molecule has 1 aromatic heterocycles. The second-order valence-corrected chi connectivity index (χ2v) is 5.85. The Bertz CT molecular complexity index is 695. The molecule has 1 aromatic carbocycles. The first-order valence-electron chi connectivity index (χ1n) is 7.72. The van der Waals surface area contributed by atoms with E-state index in [2.05, 4.69) is 15.5 Å². The second kappa shape index (κ2) is 6.36. The van der Waals surface area contributed by atoms with Gasteiger partial charge in [-0.15, -0.1) is 0 Å². The lowest BCUT2D eigenvalue weighted by Crippen LogP contribution is -2.43. The van der Waals surface area contributed by atoms with E-state index in [1.165, 1.54) is 12.1 Å². The highest BCUT2D eigenvalue weighted by Gasteiger charge is 2.42. The molecule has 1 aliphatic rings. The fourth-order valence-corrected chi connectivity index (χ4v) is 3.23. The Morgan fingerprint density at radius 2 is 2.17 bits per heavy atom. The number of nitrogens with two attached hydrogens (primary N) is 1. The predicted molar refractivity (Wildman–Crippen MR) is 82.0 cm³/mol. The molecule has 6 nitrogen and oxygen atoms in total. The molecule has 0 atom stereocenters. The third-order valence-corrected chi connectivity index (χ3v) is 4.38. The molecule has 1 aliphatic carbocycles. The zero-order valence-electron chi connectivity index (χ0n) is 12.7. The van der Waals surface area contributed by atoms with Crippen molar-refractivity contribution in [2.75, 3.05) is 12.3 Å². The first-order chi connectivity index (χ1) is 11.1. The topological polar surface area (TPSA) is 94.0 Å². The van der Waals surface area contributed by atoms with Crippen molar-refractivity contribution < 1.29 is 13.7 Å². The third-order valence-electron chi connectivity index (χ3n) is 4.38. The Balaban J connectivity index is 1.69. The van der Waals surface area contributed by atoms with Gasteiger partial charge in [-0.3, -0.25) is 4.79 Å². The Kier molecular flexibility index (Phi) is 4.27. The van der Waals surface area contributed by atoms with Crippen LogP contribution in [0.3, 0.4) is 0 Å². The molecule has 2 aromatic rings. The van der Waals surface area contributed by atoms with Gasteiger partial charge in [0.2, 0.25) is 11.8 Å². The number of nitrogen functional groups attached to an aromatic ring is 1. The zero-order chi connectivity index (χ0) is 16.3. The van der Waals surface area contributed by atoms with Gasteiger partial charge in [0.1, 0.15) is 5.82 Å². The molecule has 1 heterocycles. The smallest absolute Gasteiger partial charge is 0.260 e. The number of carbonyl (C=O) groups excluding carboxylic acids is 1. The van der Waals surface area contributed by atoms with E-state index in [-0.39, 0.29) is 17.7 Å². The molecule has 3 rings (SSSR count). The number of aromatic nitrogens is 2.